The molecule has 2 aliphatic rings. The van der Waals surface area contributed by atoms with Gasteiger partial charge in [0.1, 0.15) is 46.0 Å². The van der Waals surface area contributed by atoms with Crippen LogP contribution >= 0.6 is 0 Å². The van der Waals surface area contributed by atoms with Crippen molar-refractivity contribution < 1.29 is 62.2 Å². The highest BCUT2D eigenvalue weighted by Crippen LogP contribution is 2.60. The number of hydrogen-bond acceptors (Lipinski definition) is 4. The van der Waals surface area contributed by atoms with Gasteiger partial charge in [-0.3, -0.25) is 0 Å². The number of hydrogen-bond donors (Lipinski definition) is 0. The molecule has 518 valence electrons. The van der Waals surface area contributed by atoms with Gasteiger partial charge in [0.25, 0.3) is 0 Å². The maximum Gasteiger partial charge on any atom is 0.200 e. The molecule has 0 saturated carbocycles. The van der Waals surface area contributed by atoms with Crippen LogP contribution in [0.25, 0.3) is 45.5 Å². The first kappa shape index (κ1) is 67.4. The second-order valence-corrected chi connectivity index (χ2v) is 25.5. The van der Waals surface area contributed by atoms with Gasteiger partial charge in [0.15, 0.2) is 46.5 Å². The van der Waals surface area contributed by atoms with Crippen LogP contribution in [0.1, 0.15) is 55.6 Å². The molecule has 16 rings (SSSR count). The lowest BCUT2D eigenvalue weighted by atomic mass is 9.67. The van der Waals surface area contributed by atoms with E-state index in [1.165, 1.54) is 84.9 Å². The van der Waals surface area contributed by atoms with E-state index in [1.54, 1.807) is 109 Å². The summed E-state index contributed by atoms with van der Waals surface area (Å²) in [5.41, 5.74) is 4.24. The molecular weight excluding hydrogens is 1370 g/mol. The molecule has 0 spiro atoms. The highest BCUT2D eigenvalue weighted by molar-refractivity contribution is 5.92. The summed E-state index contributed by atoms with van der Waals surface area (Å²) >= 11 is 0. The second-order valence-electron chi connectivity index (χ2n) is 25.5. The molecule has 16 heteroatoms. The van der Waals surface area contributed by atoms with Crippen molar-refractivity contribution in [1.82, 2.24) is 0 Å². The van der Waals surface area contributed by atoms with Crippen LogP contribution in [0, 0.1) is 69.8 Å². The van der Waals surface area contributed by atoms with Gasteiger partial charge >= 0.3 is 0 Å². The van der Waals surface area contributed by atoms with Gasteiger partial charge < -0.3 is 19.3 Å². The van der Waals surface area contributed by atoms with Gasteiger partial charge in [0.05, 0.1) is 10.8 Å². The molecule has 2 aliphatic carbocycles. The molecule has 0 radical (unpaired) electrons. The first-order valence-electron chi connectivity index (χ1n) is 33.3. The van der Waals surface area contributed by atoms with Crippen LogP contribution < -0.4 is 19.3 Å². The van der Waals surface area contributed by atoms with Crippen molar-refractivity contribution in [3.63, 3.8) is 0 Å². The van der Waals surface area contributed by atoms with Crippen molar-refractivity contribution in [3.05, 3.63) is 418 Å². The Morgan fingerprint density at radius 3 is 0.830 bits per heavy atom. The third-order valence-electron chi connectivity index (χ3n) is 19.8. The fourth-order valence-corrected chi connectivity index (χ4v) is 15.0. The first-order valence-corrected chi connectivity index (χ1v) is 33.3. The van der Waals surface area contributed by atoms with Gasteiger partial charge in [0, 0.05) is 22.7 Å². The maximum absolute atomic E-state index is 16.8. The number of nitrogens with zero attached hydrogens (tertiary/aromatic N) is 2. The van der Waals surface area contributed by atoms with E-state index in [0.717, 1.165) is 32.1 Å². The minimum atomic E-state index is -2.39. The summed E-state index contributed by atoms with van der Waals surface area (Å²) < 4.78 is 203. The zero-order valence-corrected chi connectivity index (χ0v) is 55.4. The molecule has 0 saturated heterocycles. The van der Waals surface area contributed by atoms with E-state index >= 15 is 52.7 Å². The summed E-state index contributed by atoms with van der Waals surface area (Å²) in [7, 11) is 0. The number of ether oxygens (including phenoxy) is 2. The van der Waals surface area contributed by atoms with Crippen LogP contribution in [0.4, 0.5) is 86.8 Å². The standard InChI is InChI=1S/C90H52F12N2O2/c1-3-51-13-39-65(40-14-51)105-67-43-25-57(26-44-67)89(55-21-29-59(91)30-22-55)73-11-7-5-9-69(73)71-47-37-63(49-75(71)89)103(87-83(99)79(95)77(93)80(96)84(87)100)61-33-17-53(18-34-61)54-19-35-62(36-20-54)104(88-85(101)81(97)78(94)82(98)86(88)102)64-38-48-72-70-10-6-8-12-74(70)90(76(72)50-64,56-23-31-60(92)32-24-56)58-27-45-68(46-28-58)106-66-41-15-52(4-2)16-42-66/h3-50H,1-2H2. The van der Waals surface area contributed by atoms with Crippen molar-refractivity contribution >= 4 is 46.3 Å². The maximum atomic E-state index is 16.8. The third-order valence-corrected chi connectivity index (χ3v) is 19.8. The average molecular weight is 1420 g/mol. The predicted molar refractivity (Wildman–Crippen MR) is 389 cm³/mol. The summed E-state index contributed by atoms with van der Waals surface area (Å²) in [4.78, 5) is 1.79. The number of rotatable bonds is 17. The van der Waals surface area contributed by atoms with Crippen molar-refractivity contribution in [1.29, 1.82) is 0 Å². The van der Waals surface area contributed by atoms with Crippen LogP contribution in [0.5, 0.6) is 23.0 Å². The molecule has 0 aliphatic heterocycles. The zero-order chi connectivity index (χ0) is 73.4. The van der Waals surface area contributed by atoms with Gasteiger partial charge in [-0.25, -0.2) is 52.7 Å². The van der Waals surface area contributed by atoms with Crippen molar-refractivity contribution in [2.24, 2.45) is 0 Å². The van der Waals surface area contributed by atoms with E-state index in [2.05, 4.69) is 13.2 Å². The fraction of sp³-hybridized carbons (Fsp3) is 0.0222. The molecule has 14 aromatic rings. The zero-order valence-electron chi connectivity index (χ0n) is 55.4. The largest absolute Gasteiger partial charge is 0.457 e. The van der Waals surface area contributed by atoms with E-state index < -0.39 is 92.0 Å². The number of fused-ring (bicyclic) bond motifs is 6. The minimum absolute atomic E-state index is 0.0749. The number of anilines is 6. The molecule has 0 aromatic heterocycles. The molecular formula is C90H52F12N2O2. The van der Waals surface area contributed by atoms with E-state index in [1.807, 2.05) is 97.1 Å². The van der Waals surface area contributed by atoms with Gasteiger partial charge in [-0.05, 0) is 210 Å². The lowest BCUT2D eigenvalue weighted by Crippen LogP contribution is -2.29. The third kappa shape index (κ3) is 11.0. The van der Waals surface area contributed by atoms with Gasteiger partial charge in [0.2, 0.25) is 11.6 Å². The highest BCUT2D eigenvalue weighted by atomic mass is 19.2. The molecule has 0 heterocycles. The SMILES string of the molecule is C=Cc1ccc(Oc2ccc(C3(c4ccc(F)cc4)c4ccccc4-c4ccc(N(c5ccc(-c6ccc(N(c7ccc8c(c7)C(c7ccc(F)cc7)(c7ccc(Oc9ccc(C=C)cc9)cc7)c7ccccc7-8)c7c(F)c(F)c(F)c(F)c7F)cc6)cc5)c5c(F)c(F)c(F)c(F)c5F)cc43)cc2)cc1. The normalized spacial score (nSPS) is 14.6. The summed E-state index contributed by atoms with van der Waals surface area (Å²) in [5.74, 6) is -21.4. The molecule has 2 atom stereocenters. The van der Waals surface area contributed by atoms with Gasteiger partial charge in [-0.2, -0.15) is 0 Å². The van der Waals surface area contributed by atoms with Crippen molar-refractivity contribution in [2.75, 3.05) is 9.80 Å². The van der Waals surface area contributed by atoms with Crippen LogP contribution in [-0.2, 0) is 10.8 Å². The minimum Gasteiger partial charge on any atom is -0.457 e. The Morgan fingerprint density at radius 2 is 0.519 bits per heavy atom. The van der Waals surface area contributed by atoms with E-state index in [9.17, 15) is 0 Å². The average Bonchev–Trinajstić information content (AvgIpc) is 1.54. The Kier molecular flexibility index (Phi) is 16.9. The van der Waals surface area contributed by atoms with Crippen LogP contribution in [0.2, 0.25) is 0 Å². The van der Waals surface area contributed by atoms with Gasteiger partial charge in [-0.1, -0.05) is 183 Å². The Labute approximate surface area is 600 Å². The number of halogens is 12. The van der Waals surface area contributed by atoms with E-state index in [0.29, 0.717) is 89.8 Å². The van der Waals surface area contributed by atoms with Crippen LogP contribution in [0.15, 0.2) is 292 Å². The molecule has 4 nitrogen and oxygen atoms in total. The Hall–Kier alpha value is -13.1. The van der Waals surface area contributed by atoms with Crippen molar-refractivity contribution in [3.8, 4) is 56.4 Å². The van der Waals surface area contributed by atoms with Crippen LogP contribution in [-0.4, -0.2) is 0 Å². The topological polar surface area (TPSA) is 24.9 Å². The van der Waals surface area contributed by atoms with Crippen molar-refractivity contribution in [2.45, 2.75) is 10.8 Å². The summed E-state index contributed by atoms with van der Waals surface area (Å²) in [5, 5.41) is 0. The number of benzene rings is 14. The smallest absolute Gasteiger partial charge is 0.200 e. The van der Waals surface area contributed by atoms with E-state index in [-0.39, 0.29) is 22.7 Å². The summed E-state index contributed by atoms with van der Waals surface area (Å²) in [6.45, 7) is 7.62. The summed E-state index contributed by atoms with van der Waals surface area (Å²) in [6.07, 6.45) is 3.40. The molecule has 0 bridgehead atoms. The Bertz CT molecular complexity index is 5400. The molecule has 14 aromatic carbocycles. The molecule has 0 fully saturated rings. The molecule has 2 unspecified atom stereocenters. The fourth-order valence-electron chi connectivity index (χ4n) is 15.0. The Balaban J connectivity index is 0.811. The Morgan fingerprint density at radius 1 is 0.255 bits per heavy atom. The quantitative estimate of drug-likeness (QED) is 0.0515. The van der Waals surface area contributed by atoms with E-state index in [4.69, 9.17) is 9.47 Å². The monoisotopic (exact) mass is 1420 g/mol. The molecule has 106 heavy (non-hydrogen) atoms. The summed E-state index contributed by atoms with van der Waals surface area (Å²) in [6, 6.07) is 76.3. The van der Waals surface area contributed by atoms with Crippen LogP contribution in [0.3, 0.4) is 0 Å². The predicted octanol–water partition coefficient (Wildman–Crippen LogP) is 25.6. The van der Waals surface area contributed by atoms with Gasteiger partial charge in [-0.15, -0.1) is 0 Å². The molecule has 0 N–H and O–H groups in total. The first-order chi connectivity index (χ1) is 51.4. The lowest BCUT2D eigenvalue weighted by molar-refractivity contribution is 0.380. The second kappa shape index (κ2) is 26.6. The highest BCUT2D eigenvalue weighted by Gasteiger charge is 2.49. The molecule has 0 amide bonds. The lowest BCUT2D eigenvalue weighted by Gasteiger charge is -2.35.